The lowest BCUT2D eigenvalue weighted by atomic mass is 10.2. The molecule has 14 heteroatoms. The number of hydrogen-bond donors (Lipinski definition) is 0. The number of pyridine rings is 1. The van der Waals surface area contributed by atoms with Crippen LogP contribution in [0.25, 0.3) is 5.69 Å². The molecule has 9 nitrogen and oxygen atoms in total. The lowest BCUT2D eigenvalue weighted by Crippen LogP contribution is -2.25. The van der Waals surface area contributed by atoms with Crippen LogP contribution in [0.2, 0.25) is 5.02 Å². The van der Waals surface area contributed by atoms with E-state index in [9.17, 15) is 27.2 Å². The van der Waals surface area contributed by atoms with E-state index >= 15 is 0 Å². The first kappa shape index (κ1) is 25.7. The van der Waals surface area contributed by atoms with Crippen LogP contribution < -0.4 is 19.8 Å². The number of carbonyl (C=O) groups is 1. The van der Waals surface area contributed by atoms with Crippen molar-refractivity contribution in [3.63, 3.8) is 0 Å². The van der Waals surface area contributed by atoms with Crippen molar-refractivity contribution in [1.82, 2.24) is 14.5 Å². The third-order valence-electron chi connectivity index (χ3n) is 4.19. The molecule has 0 fully saturated rings. The molecule has 0 amide bonds. The number of rotatable bonds is 8. The van der Waals surface area contributed by atoms with Crippen LogP contribution in [0.1, 0.15) is 12.6 Å². The maximum absolute atomic E-state index is 14.8. The fraction of sp³-hybridized carbons (Fsp3) is 0.238. The number of benzene rings is 1. The quantitative estimate of drug-likeness (QED) is 0.324. The Balaban J connectivity index is 2.03. The van der Waals surface area contributed by atoms with E-state index in [4.69, 9.17) is 30.5 Å². The molecule has 0 spiro atoms. The van der Waals surface area contributed by atoms with Crippen molar-refractivity contribution in [2.24, 2.45) is 0 Å². The number of methoxy groups -OCH3 is 1. The molecule has 2 heterocycles. The highest BCUT2D eigenvalue weighted by Crippen LogP contribution is 2.37. The van der Waals surface area contributed by atoms with Gasteiger partial charge in [-0.25, -0.2) is 18.7 Å². The largest absolute Gasteiger partial charge is 0.468 e. The average molecular weight is 518 g/mol. The van der Waals surface area contributed by atoms with Crippen LogP contribution in [-0.2, 0) is 15.7 Å². The van der Waals surface area contributed by atoms with Gasteiger partial charge >= 0.3 is 18.2 Å². The molecule has 0 saturated carbocycles. The molecule has 0 bridgehead atoms. The first-order valence-electron chi connectivity index (χ1n) is 9.71. The average Bonchev–Trinajstić information content (AvgIpc) is 2.79. The molecule has 35 heavy (non-hydrogen) atoms. The minimum Gasteiger partial charge on any atom is -0.468 e. The molecule has 0 N–H and O–H groups in total. The molecule has 0 atom stereocenters. The molecule has 3 rings (SSSR count). The summed E-state index contributed by atoms with van der Waals surface area (Å²) < 4.78 is 74.8. The molecule has 0 radical (unpaired) electrons. The maximum Gasteiger partial charge on any atom is 0.433 e. The molecule has 3 aromatic rings. The minimum atomic E-state index is -4.93. The monoisotopic (exact) mass is 517 g/mol. The topological polar surface area (TPSA) is 102 Å². The summed E-state index contributed by atoms with van der Waals surface area (Å²) in [5.74, 6) is -2.12. The number of halogens is 5. The van der Waals surface area contributed by atoms with Crippen molar-refractivity contribution in [3.8, 4) is 29.1 Å². The second kappa shape index (κ2) is 10.6. The van der Waals surface area contributed by atoms with Crippen LogP contribution in [0, 0.1) is 5.82 Å². The molecular formula is C21H16ClF4N3O6. The number of aromatic nitrogens is 3. The molecule has 0 aliphatic heterocycles. The van der Waals surface area contributed by atoms with E-state index < -0.39 is 47.5 Å². The fourth-order valence-corrected chi connectivity index (χ4v) is 2.93. The van der Waals surface area contributed by atoms with Gasteiger partial charge in [0.1, 0.15) is 11.6 Å². The maximum atomic E-state index is 14.8. The highest BCUT2D eigenvalue weighted by atomic mass is 35.5. The molecule has 186 valence electrons. The zero-order chi connectivity index (χ0) is 25.8. The van der Waals surface area contributed by atoms with Gasteiger partial charge in [-0.05, 0) is 25.1 Å². The Hall–Kier alpha value is -3.87. The number of esters is 1. The van der Waals surface area contributed by atoms with E-state index in [0.29, 0.717) is 4.57 Å². The normalized spacial score (nSPS) is 11.2. The zero-order valence-corrected chi connectivity index (χ0v) is 18.8. The Morgan fingerprint density at radius 1 is 1.20 bits per heavy atom. The van der Waals surface area contributed by atoms with Crippen LogP contribution in [0.3, 0.4) is 0 Å². The highest BCUT2D eigenvalue weighted by molar-refractivity contribution is 6.32. The van der Waals surface area contributed by atoms with Crippen molar-refractivity contribution in [1.29, 1.82) is 0 Å². The first-order valence-corrected chi connectivity index (χ1v) is 10.1. The second-order valence-electron chi connectivity index (χ2n) is 6.54. The van der Waals surface area contributed by atoms with Gasteiger partial charge in [-0.15, -0.1) is 0 Å². The lowest BCUT2D eigenvalue weighted by Gasteiger charge is -2.16. The van der Waals surface area contributed by atoms with Gasteiger partial charge in [-0.3, -0.25) is 4.79 Å². The number of alkyl halides is 3. The van der Waals surface area contributed by atoms with Gasteiger partial charge in [-0.2, -0.15) is 18.2 Å². The highest BCUT2D eigenvalue weighted by Gasteiger charge is 2.35. The fourth-order valence-electron chi connectivity index (χ4n) is 2.74. The summed E-state index contributed by atoms with van der Waals surface area (Å²) in [6, 6.07) is 3.98. The Bertz CT molecular complexity index is 1300. The summed E-state index contributed by atoms with van der Waals surface area (Å²) in [4.78, 5) is 31.2. The van der Waals surface area contributed by atoms with Gasteiger partial charge in [0.25, 0.3) is 11.4 Å². The summed E-state index contributed by atoms with van der Waals surface area (Å²) in [6.07, 6.45) is -3.58. The van der Waals surface area contributed by atoms with Crippen molar-refractivity contribution < 1.29 is 41.3 Å². The summed E-state index contributed by atoms with van der Waals surface area (Å²) in [6.45, 7) is 1.28. The Labute approximate surface area is 199 Å². The van der Waals surface area contributed by atoms with Crippen molar-refractivity contribution >= 4 is 17.6 Å². The van der Waals surface area contributed by atoms with E-state index in [0.717, 1.165) is 19.2 Å². The van der Waals surface area contributed by atoms with Crippen molar-refractivity contribution in [2.75, 3.05) is 20.3 Å². The predicted molar refractivity (Wildman–Crippen MR) is 113 cm³/mol. The summed E-state index contributed by atoms with van der Waals surface area (Å²) in [7, 11) is 0.965. The van der Waals surface area contributed by atoms with Crippen molar-refractivity contribution in [2.45, 2.75) is 13.1 Å². The third kappa shape index (κ3) is 5.98. The molecule has 0 unspecified atom stereocenters. The summed E-state index contributed by atoms with van der Waals surface area (Å²) in [5, 5.41) is -0.252. The van der Waals surface area contributed by atoms with Gasteiger partial charge in [0.05, 0.1) is 24.4 Å². The van der Waals surface area contributed by atoms with Gasteiger partial charge in [0, 0.05) is 18.3 Å². The van der Waals surface area contributed by atoms with E-state index in [1.165, 1.54) is 18.3 Å². The summed E-state index contributed by atoms with van der Waals surface area (Å²) >= 11 is 6.08. The first-order chi connectivity index (χ1) is 16.5. The van der Waals surface area contributed by atoms with Crippen LogP contribution >= 0.6 is 11.6 Å². The molecule has 0 aliphatic carbocycles. The van der Waals surface area contributed by atoms with Crippen LogP contribution in [0.5, 0.6) is 23.4 Å². The molecule has 2 aromatic heterocycles. The predicted octanol–water partition coefficient (Wildman–Crippen LogP) is 4.18. The van der Waals surface area contributed by atoms with E-state index in [1.807, 2.05) is 0 Å². The Morgan fingerprint density at radius 2 is 1.94 bits per heavy atom. The zero-order valence-electron chi connectivity index (χ0n) is 18.1. The number of nitrogens with zero attached hydrogens (tertiary/aromatic N) is 3. The molecule has 0 aliphatic rings. The van der Waals surface area contributed by atoms with Crippen LogP contribution in [0.4, 0.5) is 17.6 Å². The van der Waals surface area contributed by atoms with Gasteiger partial charge in [0.15, 0.2) is 18.1 Å². The lowest BCUT2D eigenvalue weighted by molar-refractivity contribution is -0.145. The Morgan fingerprint density at radius 3 is 2.60 bits per heavy atom. The van der Waals surface area contributed by atoms with Gasteiger partial charge in [0.2, 0.25) is 0 Å². The molecular weight excluding hydrogens is 502 g/mol. The van der Waals surface area contributed by atoms with E-state index in [1.54, 1.807) is 6.92 Å². The standard InChI is InChI=1S/C21H16ClF4N3O6/c1-3-33-18(31)10-34-19-14(5-4-6-27-19)35-15-8-13(12(23)7-11(15)22)29-17(30)9-16(21(24,25)26)28-20(29)32-2/h4-9H,3,10H2,1-2H3. The Kier molecular flexibility index (Phi) is 7.79. The SMILES string of the molecule is CCOC(=O)COc1ncccc1Oc1cc(-n2c(OC)nc(C(F)(F)F)cc2=O)c(F)cc1Cl. The number of carbonyl (C=O) groups excluding carboxylic acids is 1. The van der Waals surface area contributed by atoms with E-state index in [-0.39, 0.29) is 35.1 Å². The molecule has 1 aromatic carbocycles. The smallest absolute Gasteiger partial charge is 0.433 e. The molecule has 0 saturated heterocycles. The number of hydrogen-bond acceptors (Lipinski definition) is 8. The third-order valence-corrected chi connectivity index (χ3v) is 4.49. The van der Waals surface area contributed by atoms with E-state index in [2.05, 4.69) is 9.97 Å². The second-order valence-corrected chi connectivity index (χ2v) is 6.94. The van der Waals surface area contributed by atoms with Gasteiger partial charge < -0.3 is 18.9 Å². The number of ether oxygens (including phenoxy) is 4. The van der Waals surface area contributed by atoms with Crippen LogP contribution in [-0.4, -0.2) is 40.8 Å². The van der Waals surface area contributed by atoms with Crippen molar-refractivity contribution in [3.05, 3.63) is 63.4 Å². The van der Waals surface area contributed by atoms with Crippen LogP contribution in [0.15, 0.2) is 41.3 Å². The summed E-state index contributed by atoms with van der Waals surface area (Å²) in [5.41, 5.74) is -3.33. The minimum absolute atomic E-state index is 0.0406. The van der Waals surface area contributed by atoms with Gasteiger partial charge in [-0.1, -0.05) is 11.6 Å².